The Hall–Kier alpha value is -1.79. The summed E-state index contributed by atoms with van der Waals surface area (Å²) in [7, 11) is 1.53. The molecule has 0 aromatic heterocycles. The minimum atomic E-state index is -0.520. The average Bonchev–Trinajstić information content (AvgIpc) is 2.52. The molecule has 0 radical (unpaired) electrons. The van der Waals surface area contributed by atoms with Crippen molar-refractivity contribution >= 4 is 17.8 Å². The van der Waals surface area contributed by atoms with Gasteiger partial charge >= 0.3 is 6.03 Å². The second-order valence-electron chi connectivity index (χ2n) is 6.44. The van der Waals surface area contributed by atoms with Gasteiger partial charge in [0, 0.05) is 19.1 Å². The third-order valence-electron chi connectivity index (χ3n) is 3.07. The van der Waals surface area contributed by atoms with Gasteiger partial charge in [0.1, 0.15) is 12.6 Å². The molecule has 0 unspecified atom stereocenters. The Morgan fingerprint density at radius 2 is 2.00 bits per heavy atom. The monoisotopic (exact) mass is 298 g/mol. The number of carbonyl (C=O) groups excluding carboxylic acids is 3. The highest BCUT2D eigenvalue weighted by Crippen LogP contribution is 2.06. The minimum Gasteiger partial charge on any atom is -0.354 e. The molecule has 120 valence electrons. The van der Waals surface area contributed by atoms with Gasteiger partial charge < -0.3 is 20.9 Å². The van der Waals surface area contributed by atoms with Crippen LogP contribution in [0.1, 0.15) is 40.0 Å². The largest absolute Gasteiger partial charge is 0.354 e. The number of hydrogen-bond acceptors (Lipinski definition) is 3. The summed E-state index contributed by atoms with van der Waals surface area (Å²) in [6, 6.07) is -0.936. The minimum absolute atomic E-state index is 0.0442. The average molecular weight is 298 g/mol. The quantitative estimate of drug-likeness (QED) is 0.696. The molecule has 1 aliphatic rings. The molecule has 0 saturated carbocycles. The van der Waals surface area contributed by atoms with Crippen molar-refractivity contribution in [2.75, 3.05) is 20.1 Å². The molecule has 1 rings (SSSR count). The Balaban J connectivity index is 2.46. The fraction of sp³-hybridized carbons (Fsp3) is 0.786. The summed E-state index contributed by atoms with van der Waals surface area (Å²) in [6.07, 6.45) is 2.43. The van der Waals surface area contributed by atoms with E-state index in [0.717, 1.165) is 12.8 Å². The summed E-state index contributed by atoms with van der Waals surface area (Å²) < 4.78 is 0. The molecule has 0 aliphatic carbocycles. The predicted molar refractivity (Wildman–Crippen MR) is 79.7 cm³/mol. The normalized spacial score (nSPS) is 19.2. The summed E-state index contributed by atoms with van der Waals surface area (Å²) >= 11 is 0. The molecule has 0 aromatic carbocycles. The molecule has 0 bridgehead atoms. The van der Waals surface area contributed by atoms with Gasteiger partial charge in [0.15, 0.2) is 0 Å². The third kappa shape index (κ3) is 6.46. The molecule has 7 heteroatoms. The van der Waals surface area contributed by atoms with E-state index >= 15 is 0 Å². The summed E-state index contributed by atoms with van der Waals surface area (Å²) in [5, 5.41) is 8.22. The molecule has 4 amide bonds. The lowest BCUT2D eigenvalue weighted by Gasteiger charge is -2.25. The highest BCUT2D eigenvalue weighted by Gasteiger charge is 2.24. The lowest BCUT2D eigenvalue weighted by molar-refractivity contribution is -0.123. The Morgan fingerprint density at radius 3 is 2.62 bits per heavy atom. The lowest BCUT2D eigenvalue weighted by Crippen LogP contribution is -2.52. The highest BCUT2D eigenvalue weighted by atomic mass is 16.2. The second kappa shape index (κ2) is 7.28. The molecule has 21 heavy (non-hydrogen) atoms. The zero-order valence-electron chi connectivity index (χ0n) is 13.3. The predicted octanol–water partition coefficient (Wildman–Crippen LogP) is 0.211. The number of amides is 4. The van der Waals surface area contributed by atoms with Crippen LogP contribution in [0.15, 0.2) is 0 Å². The maximum absolute atomic E-state index is 12.0. The van der Waals surface area contributed by atoms with Gasteiger partial charge in [-0.05, 0) is 40.0 Å². The van der Waals surface area contributed by atoms with E-state index in [0.29, 0.717) is 13.0 Å². The van der Waals surface area contributed by atoms with Crippen LogP contribution in [0.25, 0.3) is 0 Å². The molecule has 7 nitrogen and oxygen atoms in total. The van der Waals surface area contributed by atoms with Crippen LogP contribution >= 0.6 is 0 Å². The number of nitrogens with one attached hydrogen (secondary N) is 3. The first-order chi connectivity index (χ1) is 9.69. The van der Waals surface area contributed by atoms with Crippen LogP contribution in [0.5, 0.6) is 0 Å². The van der Waals surface area contributed by atoms with E-state index < -0.39 is 12.1 Å². The Kier molecular flexibility index (Phi) is 5.99. The molecular formula is C14H26N4O3. The van der Waals surface area contributed by atoms with E-state index in [1.165, 1.54) is 11.9 Å². The molecule has 0 spiro atoms. The van der Waals surface area contributed by atoms with Gasteiger partial charge in [0.2, 0.25) is 11.8 Å². The smallest absolute Gasteiger partial charge is 0.318 e. The molecule has 1 aliphatic heterocycles. The first-order valence-corrected chi connectivity index (χ1v) is 7.29. The van der Waals surface area contributed by atoms with Crippen LogP contribution in [0.3, 0.4) is 0 Å². The fourth-order valence-electron chi connectivity index (χ4n) is 2.08. The number of urea groups is 1. The second-order valence-corrected chi connectivity index (χ2v) is 6.44. The number of nitrogens with zero attached hydrogens (tertiary/aromatic N) is 1. The number of hydrogen-bond donors (Lipinski definition) is 3. The van der Waals surface area contributed by atoms with E-state index in [2.05, 4.69) is 16.0 Å². The van der Waals surface area contributed by atoms with Gasteiger partial charge in [0.25, 0.3) is 0 Å². The lowest BCUT2D eigenvalue weighted by atomic mass is 10.1. The van der Waals surface area contributed by atoms with Crippen molar-refractivity contribution in [3.05, 3.63) is 0 Å². The van der Waals surface area contributed by atoms with Crippen molar-refractivity contribution in [1.82, 2.24) is 20.9 Å². The fourth-order valence-corrected chi connectivity index (χ4v) is 2.08. The van der Waals surface area contributed by atoms with Crippen LogP contribution < -0.4 is 16.0 Å². The third-order valence-corrected chi connectivity index (χ3v) is 3.07. The summed E-state index contributed by atoms with van der Waals surface area (Å²) in [6.45, 7) is 6.23. The van der Waals surface area contributed by atoms with E-state index in [-0.39, 0.29) is 23.9 Å². The molecule has 0 aromatic rings. The van der Waals surface area contributed by atoms with Crippen molar-refractivity contribution in [2.24, 2.45) is 0 Å². The van der Waals surface area contributed by atoms with Crippen molar-refractivity contribution in [3.8, 4) is 0 Å². The van der Waals surface area contributed by atoms with Crippen LogP contribution in [0.4, 0.5) is 4.79 Å². The summed E-state index contributed by atoms with van der Waals surface area (Å²) in [5.74, 6) is -0.390. The van der Waals surface area contributed by atoms with E-state index in [9.17, 15) is 14.4 Å². The van der Waals surface area contributed by atoms with Crippen molar-refractivity contribution in [2.45, 2.75) is 51.6 Å². The van der Waals surface area contributed by atoms with Crippen molar-refractivity contribution < 1.29 is 14.4 Å². The van der Waals surface area contributed by atoms with Gasteiger partial charge in [-0.3, -0.25) is 9.59 Å². The first-order valence-electron chi connectivity index (χ1n) is 7.29. The molecule has 1 atom stereocenters. The van der Waals surface area contributed by atoms with Crippen LogP contribution in [-0.2, 0) is 9.59 Å². The van der Waals surface area contributed by atoms with Gasteiger partial charge in [-0.2, -0.15) is 0 Å². The first kappa shape index (κ1) is 17.3. The van der Waals surface area contributed by atoms with Crippen molar-refractivity contribution in [1.29, 1.82) is 0 Å². The maximum Gasteiger partial charge on any atom is 0.318 e. The van der Waals surface area contributed by atoms with Gasteiger partial charge in [-0.25, -0.2) is 4.79 Å². The number of carbonyl (C=O) groups is 3. The molecule has 1 saturated heterocycles. The Bertz CT molecular complexity index is 404. The zero-order chi connectivity index (χ0) is 16.0. The maximum atomic E-state index is 12.0. The standard InChI is InChI=1S/C14H26N4O3/c1-14(2,3)17-11(19)9-18(4)13(21)16-10-7-5-6-8-15-12(10)20/h10H,5-9H2,1-4H3,(H,15,20)(H,16,21)(H,17,19)/t10-/m0/s1. The van der Waals surface area contributed by atoms with Crippen LogP contribution in [-0.4, -0.2) is 54.5 Å². The van der Waals surface area contributed by atoms with E-state index in [1.807, 2.05) is 20.8 Å². The van der Waals surface area contributed by atoms with E-state index in [1.54, 1.807) is 0 Å². The molecule has 1 fully saturated rings. The summed E-state index contributed by atoms with van der Waals surface area (Å²) in [4.78, 5) is 36.8. The summed E-state index contributed by atoms with van der Waals surface area (Å²) in [5.41, 5.74) is -0.338. The number of likely N-dealkylation sites (N-methyl/N-ethyl adjacent to an activating group) is 1. The van der Waals surface area contributed by atoms with E-state index in [4.69, 9.17) is 0 Å². The zero-order valence-corrected chi connectivity index (χ0v) is 13.3. The SMILES string of the molecule is CN(CC(=O)NC(C)(C)C)C(=O)N[C@H]1CCCCNC1=O. The van der Waals surface area contributed by atoms with Crippen molar-refractivity contribution in [3.63, 3.8) is 0 Å². The number of rotatable bonds is 3. The van der Waals surface area contributed by atoms with Gasteiger partial charge in [-0.15, -0.1) is 0 Å². The van der Waals surface area contributed by atoms with Crippen LogP contribution in [0.2, 0.25) is 0 Å². The van der Waals surface area contributed by atoms with Crippen LogP contribution in [0, 0.1) is 0 Å². The molecule has 3 N–H and O–H groups in total. The van der Waals surface area contributed by atoms with Gasteiger partial charge in [-0.1, -0.05) is 0 Å². The topological polar surface area (TPSA) is 90.5 Å². The van der Waals surface area contributed by atoms with Gasteiger partial charge in [0.05, 0.1) is 0 Å². The highest BCUT2D eigenvalue weighted by molar-refractivity contribution is 5.89. The Labute approximate surface area is 125 Å². The molecule has 1 heterocycles. The Morgan fingerprint density at radius 1 is 1.33 bits per heavy atom. The molecular weight excluding hydrogens is 272 g/mol.